The third kappa shape index (κ3) is 3.41. The number of carbonyl (C=O) groups is 1. The van der Waals surface area contributed by atoms with E-state index in [1.807, 2.05) is 13.0 Å². The summed E-state index contributed by atoms with van der Waals surface area (Å²) in [5, 5.41) is 11.5. The summed E-state index contributed by atoms with van der Waals surface area (Å²) >= 11 is 0. The van der Waals surface area contributed by atoms with E-state index < -0.39 is 5.60 Å². The molecule has 7 nitrogen and oxygen atoms in total. The van der Waals surface area contributed by atoms with E-state index in [1.165, 1.54) is 10.9 Å². The third-order valence-electron chi connectivity index (χ3n) is 5.41. The standard InChI is InChI=1S/C21H22N4O3/c1-15-16(6-4-10-22-15)19(26)24-11-8-21(28,9-12-24)13-25-14-23-18-7-3-2-5-17(18)20(25)27/h2-7,10,14,28H,8-9,11-13H2,1H3. The molecule has 7 heteroatoms. The van der Waals surface area contributed by atoms with Gasteiger partial charge in [0.2, 0.25) is 0 Å². The number of pyridine rings is 1. The number of hydrogen-bond acceptors (Lipinski definition) is 5. The van der Waals surface area contributed by atoms with Crippen molar-refractivity contribution >= 4 is 16.8 Å². The lowest BCUT2D eigenvalue weighted by atomic mass is 9.90. The van der Waals surface area contributed by atoms with Crippen molar-refractivity contribution in [2.75, 3.05) is 13.1 Å². The summed E-state index contributed by atoms with van der Waals surface area (Å²) < 4.78 is 1.46. The number of likely N-dealkylation sites (tertiary alicyclic amines) is 1. The number of para-hydroxylation sites is 1. The molecule has 4 rings (SSSR count). The Labute approximate surface area is 162 Å². The summed E-state index contributed by atoms with van der Waals surface area (Å²) in [6, 6.07) is 10.7. The zero-order valence-electron chi connectivity index (χ0n) is 15.7. The van der Waals surface area contributed by atoms with Gasteiger partial charge in [-0.3, -0.25) is 19.1 Å². The van der Waals surface area contributed by atoms with Crippen LogP contribution in [0.2, 0.25) is 0 Å². The predicted octanol–water partition coefficient (Wildman–Crippen LogP) is 1.77. The van der Waals surface area contributed by atoms with Crippen molar-refractivity contribution in [3.05, 3.63) is 70.5 Å². The highest BCUT2D eigenvalue weighted by Gasteiger charge is 2.35. The molecule has 1 amide bonds. The molecule has 3 aromatic rings. The van der Waals surface area contributed by atoms with Crippen LogP contribution in [0.4, 0.5) is 0 Å². The van der Waals surface area contributed by atoms with Crippen molar-refractivity contribution in [1.29, 1.82) is 0 Å². The Morgan fingerprint density at radius 3 is 2.64 bits per heavy atom. The van der Waals surface area contributed by atoms with E-state index in [9.17, 15) is 14.7 Å². The van der Waals surface area contributed by atoms with E-state index in [0.29, 0.717) is 48.1 Å². The molecule has 0 radical (unpaired) electrons. The summed E-state index contributed by atoms with van der Waals surface area (Å²) in [6.07, 6.45) is 3.95. The molecule has 1 aliphatic rings. The van der Waals surface area contributed by atoms with Gasteiger partial charge in [-0.25, -0.2) is 4.98 Å². The van der Waals surface area contributed by atoms with E-state index in [2.05, 4.69) is 9.97 Å². The van der Waals surface area contributed by atoms with Gasteiger partial charge in [0.05, 0.1) is 34.9 Å². The first kappa shape index (κ1) is 18.3. The lowest BCUT2D eigenvalue weighted by Crippen LogP contribution is -2.49. The number of aromatic nitrogens is 3. The summed E-state index contributed by atoms with van der Waals surface area (Å²) in [5.74, 6) is -0.0720. The first-order valence-corrected chi connectivity index (χ1v) is 9.34. The van der Waals surface area contributed by atoms with Crippen LogP contribution >= 0.6 is 0 Å². The molecule has 144 valence electrons. The summed E-state index contributed by atoms with van der Waals surface area (Å²) in [5.41, 5.74) is 0.714. The number of rotatable bonds is 3. The van der Waals surface area contributed by atoms with Gasteiger partial charge in [-0.15, -0.1) is 0 Å². The van der Waals surface area contributed by atoms with E-state index in [1.54, 1.807) is 41.4 Å². The van der Waals surface area contributed by atoms with Crippen LogP contribution in [-0.4, -0.2) is 49.1 Å². The molecule has 28 heavy (non-hydrogen) atoms. The highest BCUT2D eigenvalue weighted by molar-refractivity contribution is 5.95. The van der Waals surface area contributed by atoms with Crippen LogP contribution in [0.15, 0.2) is 53.7 Å². The third-order valence-corrected chi connectivity index (χ3v) is 5.41. The molecule has 0 aliphatic carbocycles. The second-order valence-corrected chi connectivity index (χ2v) is 7.35. The second-order valence-electron chi connectivity index (χ2n) is 7.35. The molecule has 0 saturated carbocycles. The summed E-state index contributed by atoms with van der Waals surface area (Å²) in [7, 11) is 0. The lowest BCUT2D eigenvalue weighted by molar-refractivity contribution is -0.0299. The van der Waals surface area contributed by atoms with Crippen molar-refractivity contribution < 1.29 is 9.90 Å². The fraction of sp³-hybridized carbons (Fsp3) is 0.333. The topological polar surface area (TPSA) is 88.3 Å². The average Bonchev–Trinajstić information content (AvgIpc) is 2.71. The number of carbonyl (C=O) groups excluding carboxylic acids is 1. The molecular formula is C21H22N4O3. The van der Waals surface area contributed by atoms with Gasteiger partial charge in [0.1, 0.15) is 0 Å². The molecule has 0 atom stereocenters. The molecule has 2 aromatic heterocycles. The van der Waals surface area contributed by atoms with Crippen LogP contribution in [0.5, 0.6) is 0 Å². The van der Waals surface area contributed by atoms with Gasteiger partial charge in [-0.1, -0.05) is 12.1 Å². The van der Waals surface area contributed by atoms with Gasteiger partial charge in [0.15, 0.2) is 0 Å². The van der Waals surface area contributed by atoms with E-state index >= 15 is 0 Å². The van der Waals surface area contributed by atoms with Crippen molar-refractivity contribution in [3.63, 3.8) is 0 Å². The Hall–Kier alpha value is -3.06. The quantitative estimate of drug-likeness (QED) is 0.750. The van der Waals surface area contributed by atoms with E-state index in [4.69, 9.17) is 0 Å². The first-order chi connectivity index (χ1) is 13.5. The molecule has 1 saturated heterocycles. The Balaban J connectivity index is 1.48. The zero-order chi connectivity index (χ0) is 19.7. The molecule has 0 spiro atoms. The minimum absolute atomic E-state index is 0.0720. The van der Waals surface area contributed by atoms with Gasteiger partial charge in [0.25, 0.3) is 11.5 Å². The van der Waals surface area contributed by atoms with Crippen molar-refractivity contribution in [3.8, 4) is 0 Å². The smallest absolute Gasteiger partial charge is 0.261 e. The minimum Gasteiger partial charge on any atom is -0.388 e. The van der Waals surface area contributed by atoms with Crippen LogP contribution in [-0.2, 0) is 6.54 Å². The maximum atomic E-state index is 12.7. The number of amides is 1. The predicted molar refractivity (Wildman–Crippen MR) is 105 cm³/mol. The van der Waals surface area contributed by atoms with Gasteiger partial charge in [-0.05, 0) is 44.0 Å². The summed E-state index contributed by atoms with van der Waals surface area (Å²) in [6.45, 7) is 2.84. The number of piperidine rings is 1. The normalized spacial score (nSPS) is 16.3. The van der Waals surface area contributed by atoms with Crippen LogP contribution < -0.4 is 5.56 Å². The SMILES string of the molecule is Cc1ncccc1C(=O)N1CCC(O)(Cn2cnc3ccccc3c2=O)CC1. The Morgan fingerprint density at radius 2 is 1.89 bits per heavy atom. The molecular weight excluding hydrogens is 356 g/mol. The number of benzene rings is 1. The minimum atomic E-state index is -1.05. The molecule has 1 aliphatic heterocycles. The highest BCUT2D eigenvalue weighted by atomic mass is 16.3. The van der Waals surface area contributed by atoms with Gasteiger partial charge in [-0.2, -0.15) is 0 Å². The molecule has 0 bridgehead atoms. The average molecular weight is 378 g/mol. The number of aryl methyl sites for hydroxylation is 1. The highest BCUT2D eigenvalue weighted by Crippen LogP contribution is 2.25. The number of fused-ring (bicyclic) bond motifs is 1. The van der Waals surface area contributed by atoms with E-state index in [-0.39, 0.29) is 18.0 Å². The van der Waals surface area contributed by atoms with E-state index in [0.717, 1.165) is 0 Å². The Kier molecular flexibility index (Phi) is 4.68. The van der Waals surface area contributed by atoms with Crippen LogP contribution in [0.1, 0.15) is 28.9 Å². The molecule has 1 aromatic carbocycles. The van der Waals surface area contributed by atoms with Crippen LogP contribution in [0.25, 0.3) is 10.9 Å². The maximum absolute atomic E-state index is 12.7. The number of aliphatic hydroxyl groups is 1. The second kappa shape index (κ2) is 7.16. The zero-order valence-corrected chi connectivity index (χ0v) is 15.7. The first-order valence-electron chi connectivity index (χ1n) is 9.34. The molecule has 1 fully saturated rings. The lowest BCUT2D eigenvalue weighted by Gasteiger charge is -2.38. The molecule has 1 N–H and O–H groups in total. The molecule has 0 unspecified atom stereocenters. The Morgan fingerprint density at radius 1 is 1.14 bits per heavy atom. The number of nitrogens with zero attached hydrogens (tertiary/aromatic N) is 4. The molecule has 3 heterocycles. The largest absolute Gasteiger partial charge is 0.388 e. The van der Waals surface area contributed by atoms with Gasteiger partial charge < -0.3 is 10.0 Å². The van der Waals surface area contributed by atoms with Crippen LogP contribution in [0.3, 0.4) is 0 Å². The Bertz CT molecular complexity index is 1080. The summed E-state index contributed by atoms with van der Waals surface area (Å²) in [4.78, 5) is 35.6. The fourth-order valence-electron chi connectivity index (χ4n) is 3.70. The number of hydrogen-bond donors (Lipinski definition) is 1. The monoisotopic (exact) mass is 378 g/mol. The van der Waals surface area contributed by atoms with Crippen LogP contribution in [0, 0.1) is 6.92 Å². The van der Waals surface area contributed by atoms with Crippen molar-refractivity contribution in [2.24, 2.45) is 0 Å². The maximum Gasteiger partial charge on any atom is 0.261 e. The van der Waals surface area contributed by atoms with Crippen molar-refractivity contribution in [2.45, 2.75) is 31.9 Å². The van der Waals surface area contributed by atoms with Gasteiger partial charge in [0, 0.05) is 25.0 Å². The van der Waals surface area contributed by atoms with Gasteiger partial charge >= 0.3 is 0 Å². The fourth-order valence-corrected chi connectivity index (χ4v) is 3.70. The van der Waals surface area contributed by atoms with Crippen molar-refractivity contribution in [1.82, 2.24) is 19.4 Å².